The van der Waals surface area contributed by atoms with Crippen molar-refractivity contribution < 1.29 is 23.5 Å². The molecule has 27 heavy (non-hydrogen) atoms. The van der Waals surface area contributed by atoms with Crippen LogP contribution < -0.4 is 0 Å². The number of carbonyl (C=O) groups is 3. The molecule has 0 aliphatic carbocycles. The topological polar surface area (TPSA) is 72.9 Å². The van der Waals surface area contributed by atoms with Crippen molar-refractivity contribution in [3.63, 3.8) is 0 Å². The molecule has 2 heterocycles. The summed E-state index contributed by atoms with van der Waals surface area (Å²) in [7, 11) is -2.06. The molecule has 1 amide bonds. The predicted octanol–water partition coefficient (Wildman–Crippen LogP) is 3.19. The first-order valence-electron chi connectivity index (χ1n) is 9.31. The van der Waals surface area contributed by atoms with E-state index in [-0.39, 0.29) is 40.7 Å². The summed E-state index contributed by atoms with van der Waals surface area (Å²) < 4.78 is 11.5. The molecule has 0 bridgehead atoms. The second-order valence-electron chi connectivity index (χ2n) is 8.84. The summed E-state index contributed by atoms with van der Waals surface area (Å²) in [4.78, 5) is 39.2. The zero-order chi connectivity index (χ0) is 20.7. The Balaban J connectivity index is 2.20. The van der Waals surface area contributed by atoms with Crippen LogP contribution >= 0.6 is 11.8 Å². The molecule has 2 aliphatic heterocycles. The average Bonchev–Trinajstić information content (AvgIpc) is 2.53. The minimum absolute atomic E-state index is 0.0224. The second-order valence-corrected chi connectivity index (χ2v) is 14.7. The molecule has 5 atom stereocenters. The minimum atomic E-state index is -2.06. The van der Waals surface area contributed by atoms with Crippen LogP contribution in [-0.4, -0.2) is 54.3 Å². The van der Waals surface area contributed by atoms with E-state index in [0.717, 1.165) is 11.8 Å². The Morgan fingerprint density at radius 1 is 1.37 bits per heavy atom. The molecule has 0 N–H and O–H groups in total. The Morgan fingerprint density at radius 2 is 1.96 bits per heavy atom. The van der Waals surface area contributed by atoms with E-state index in [2.05, 4.69) is 40.4 Å². The molecule has 2 aliphatic rings. The van der Waals surface area contributed by atoms with Crippen LogP contribution in [0.1, 0.15) is 34.6 Å². The highest BCUT2D eigenvalue weighted by Gasteiger charge is 2.62. The average molecular weight is 414 g/mol. The molecular formula is C19H31NO5SSi. The molecule has 6 nitrogen and oxygen atoms in total. The van der Waals surface area contributed by atoms with Crippen molar-refractivity contribution in [2.24, 2.45) is 11.8 Å². The smallest absolute Gasteiger partial charge is 0.340 e. The quantitative estimate of drug-likeness (QED) is 0.288. The standard InChI is InChI=1S/C19H31NO5SSi/c1-9-10-24-17(22)16-20-14(11(2)18(23)26-16)13(15(20)21)12(3)25-27(7,8)19(4,5)6/h9,11-14,16H,1,10H2,2-8H3/t11-,12-,13-,14-,16+/m1/s1. The zero-order valence-electron chi connectivity index (χ0n) is 17.3. The molecule has 2 fully saturated rings. The Labute approximate surface area is 167 Å². The maximum absolute atomic E-state index is 12.9. The van der Waals surface area contributed by atoms with Gasteiger partial charge in [-0.2, -0.15) is 0 Å². The first-order chi connectivity index (χ1) is 12.3. The molecule has 0 aromatic rings. The number of fused-ring (bicyclic) bond motifs is 1. The summed E-state index contributed by atoms with van der Waals surface area (Å²) in [5.41, 5.74) is 0. The van der Waals surface area contributed by atoms with Gasteiger partial charge < -0.3 is 14.1 Å². The summed E-state index contributed by atoms with van der Waals surface area (Å²) in [5.74, 6) is -1.46. The third kappa shape index (κ3) is 4.02. The van der Waals surface area contributed by atoms with E-state index in [1.54, 1.807) is 0 Å². The Morgan fingerprint density at radius 3 is 2.48 bits per heavy atom. The van der Waals surface area contributed by atoms with Gasteiger partial charge in [0.25, 0.3) is 0 Å². The third-order valence-corrected chi connectivity index (χ3v) is 11.8. The number of amides is 1. The van der Waals surface area contributed by atoms with Crippen LogP contribution in [0.5, 0.6) is 0 Å². The van der Waals surface area contributed by atoms with Crippen LogP contribution in [0.3, 0.4) is 0 Å². The number of nitrogens with zero attached hydrogens (tertiary/aromatic N) is 1. The number of ether oxygens (including phenoxy) is 1. The highest BCUT2D eigenvalue weighted by molar-refractivity contribution is 8.14. The maximum Gasteiger partial charge on any atom is 0.340 e. The van der Waals surface area contributed by atoms with Gasteiger partial charge in [-0.3, -0.25) is 9.59 Å². The lowest BCUT2D eigenvalue weighted by atomic mass is 9.76. The number of carbonyl (C=O) groups excluding carboxylic acids is 3. The lowest BCUT2D eigenvalue weighted by Gasteiger charge is -2.56. The van der Waals surface area contributed by atoms with E-state index in [4.69, 9.17) is 9.16 Å². The van der Waals surface area contributed by atoms with Gasteiger partial charge in [0.2, 0.25) is 5.91 Å². The minimum Gasteiger partial charge on any atom is -0.459 e. The molecule has 8 heteroatoms. The van der Waals surface area contributed by atoms with Crippen LogP contribution in [0.2, 0.25) is 18.1 Å². The molecule has 0 radical (unpaired) electrons. The molecule has 2 rings (SSSR count). The van der Waals surface area contributed by atoms with E-state index < -0.39 is 25.6 Å². The highest BCUT2D eigenvalue weighted by atomic mass is 32.2. The zero-order valence-corrected chi connectivity index (χ0v) is 19.1. The molecule has 2 saturated heterocycles. The number of thioether (sulfide) groups is 1. The summed E-state index contributed by atoms with van der Waals surface area (Å²) in [6.45, 7) is 18.0. The first kappa shape index (κ1) is 22.2. The van der Waals surface area contributed by atoms with Crippen LogP contribution in [-0.2, 0) is 23.5 Å². The monoisotopic (exact) mass is 413 g/mol. The van der Waals surface area contributed by atoms with E-state index in [1.807, 2.05) is 13.8 Å². The van der Waals surface area contributed by atoms with Gasteiger partial charge in [-0.25, -0.2) is 4.79 Å². The lowest BCUT2D eigenvalue weighted by molar-refractivity contribution is -0.177. The fraction of sp³-hybridized carbons (Fsp3) is 0.737. The summed E-state index contributed by atoms with van der Waals surface area (Å²) in [6, 6.07) is -0.327. The normalized spacial score (nSPS) is 29.7. The van der Waals surface area contributed by atoms with E-state index >= 15 is 0 Å². The number of esters is 1. The largest absolute Gasteiger partial charge is 0.459 e. The van der Waals surface area contributed by atoms with Crippen LogP contribution in [0.4, 0.5) is 0 Å². The van der Waals surface area contributed by atoms with Crippen LogP contribution in [0, 0.1) is 11.8 Å². The maximum atomic E-state index is 12.9. The fourth-order valence-electron chi connectivity index (χ4n) is 3.36. The van der Waals surface area contributed by atoms with Crippen molar-refractivity contribution in [1.29, 1.82) is 0 Å². The van der Waals surface area contributed by atoms with Gasteiger partial charge >= 0.3 is 5.97 Å². The number of β-lactam (4-membered cyclic amide) rings is 1. The van der Waals surface area contributed by atoms with E-state index in [9.17, 15) is 14.4 Å². The highest BCUT2D eigenvalue weighted by Crippen LogP contribution is 2.47. The fourth-order valence-corrected chi connectivity index (χ4v) is 5.89. The molecule has 0 aromatic carbocycles. The van der Waals surface area contributed by atoms with Gasteiger partial charge in [-0.15, -0.1) is 0 Å². The van der Waals surface area contributed by atoms with Gasteiger partial charge in [0.15, 0.2) is 18.8 Å². The predicted molar refractivity (Wildman–Crippen MR) is 109 cm³/mol. The molecule has 0 aromatic heterocycles. The SMILES string of the molecule is C=CCOC(=O)[C@@H]1SC(=O)[C@H](C)[C@@H]2[C@@H]([C@@H](C)O[Si](C)(C)C(C)(C)C)C(=O)N21. The van der Waals surface area contributed by atoms with E-state index in [1.165, 1.54) is 11.0 Å². The first-order valence-corrected chi connectivity index (χ1v) is 13.1. The van der Waals surface area contributed by atoms with Gasteiger partial charge in [-0.1, -0.05) is 52.1 Å². The van der Waals surface area contributed by atoms with Gasteiger partial charge in [0.1, 0.15) is 6.61 Å². The Hall–Kier alpha value is -1.12. The van der Waals surface area contributed by atoms with Crippen LogP contribution in [0.15, 0.2) is 12.7 Å². The van der Waals surface area contributed by atoms with Crippen molar-refractivity contribution in [3.05, 3.63) is 12.7 Å². The van der Waals surface area contributed by atoms with Crippen molar-refractivity contribution in [2.45, 2.75) is 70.3 Å². The van der Waals surface area contributed by atoms with Crippen molar-refractivity contribution in [2.75, 3.05) is 6.61 Å². The molecule has 152 valence electrons. The van der Waals surface area contributed by atoms with Crippen LogP contribution in [0.25, 0.3) is 0 Å². The van der Waals surface area contributed by atoms with Gasteiger partial charge in [-0.05, 0) is 25.1 Å². The van der Waals surface area contributed by atoms with Crippen molar-refractivity contribution in [3.8, 4) is 0 Å². The van der Waals surface area contributed by atoms with Crippen molar-refractivity contribution in [1.82, 2.24) is 4.90 Å². The number of rotatable bonds is 6. The molecule has 0 saturated carbocycles. The molecule has 0 unspecified atom stereocenters. The third-order valence-electron chi connectivity index (χ3n) is 5.93. The Kier molecular flexibility index (Phi) is 6.33. The summed E-state index contributed by atoms with van der Waals surface area (Å²) >= 11 is 0.876. The van der Waals surface area contributed by atoms with Crippen molar-refractivity contribution >= 4 is 37.1 Å². The molecule has 0 spiro atoms. The summed E-state index contributed by atoms with van der Waals surface area (Å²) in [5, 5.41) is -0.981. The lowest BCUT2D eigenvalue weighted by Crippen LogP contribution is -2.73. The second kappa shape index (κ2) is 7.71. The summed E-state index contributed by atoms with van der Waals surface area (Å²) in [6.07, 6.45) is 1.16. The molecular weight excluding hydrogens is 382 g/mol. The van der Waals surface area contributed by atoms with E-state index in [0.29, 0.717) is 0 Å². The number of hydrogen-bond acceptors (Lipinski definition) is 6. The Bertz CT molecular complexity index is 645. The van der Waals surface area contributed by atoms with Gasteiger partial charge in [0.05, 0.1) is 18.1 Å². The van der Waals surface area contributed by atoms with Gasteiger partial charge in [0, 0.05) is 5.92 Å². The number of hydrogen-bond donors (Lipinski definition) is 0.